The van der Waals surface area contributed by atoms with Crippen LogP contribution in [-0.4, -0.2) is 63.1 Å². The normalized spacial score (nSPS) is 17.7. The van der Waals surface area contributed by atoms with Crippen LogP contribution in [0.5, 0.6) is 5.88 Å². The molecular formula is C17H20N8O. The minimum Gasteiger partial charge on any atom is -0.480 e. The predicted molar refractivity (Wildman–Crippen MR) is 95.8 cm³/mol. The van der Waals surface area contributed by atoms with Gasteiger partial charge >= 0.3 is 0 Å². The lowest BCUT2D eigenvalue weighted by Crippen LogP contribution is -2.47. The number of nitrogens with zero attached hydrogens (tertiary/aromatic N) is 8. The molecular weight excluding hydrogens is 332 g/mol. The van der Waals surface area contributed by atoms with E-state index in [1.54, 1.807) is 19.5 Å². The van der Waals surface area contributed by atoms with E-state index in [9.17, 15) is 0 Å². The molecule has 26 heavy (non-hydrogen) atoms. The Hall–Kier alpha value is -2.97. The molecule has 1 aliphatic heterocycles. The van der Waals surface area contributed by atoms with Crippen LogP contribution in [0.25, 0.3) is 5.65 Å². The van der Waals surface area contributed by atoms with Gasteiger partial charge in [-0.3, -0.25) is 4.98 Å². The van der Waals surface area contributed by atoms with Crippen molar-refractivity contribution in [2.75, 3.05) is 43.1 Å². The Morgan fingerprint density at radius 3 is 2.46 bits per heavy atom. The summed E-state index contributed by atoms with van der Waals surface area (Å²) in [7, 11) is 1.61. The Labute approximate surface area is 150 Å². The third-order valence-electron chi connectivity index (χ3n) is 4.95. The van der Waals surface area contributed by atoms with Crippen LogP contribution in [0.15, 0.2) is 24.5 Å². The number of piperazine rings is 1. The Kier molecular flexibility index (Phi) is 3.58. The van der Waals surface area contributed by atoms with E-state index in [0.29, 0.717) is 11.8 Å². The molecule has 2 fully saturated rings. The van der Waals surface area contributed by atoms with Crippen molar-refractivity contribution in [1.29, 1.82) is 0 Å². The average molecular weight is 352 g/mol. The lowest BCUT2D eigenvalue weighted by atomic mass is 10.3. The summed E-state index contributed by atoms with van der Waals surface area (Å²) >= 11 is 0. The quantitative estimate of drug-likeness (QED) is 0.691. The number of hydrogen-bond acceptors (Lipinski definition) is 8. The Balaban J connectivity index is 1.33. The first kappa shape index (κ1) is 15.3. The number of hydrogen-bond donors (Lipinski definition) is 0. The van der Waals surface area contributed by atoms with Gasteiger partial charge in [0.05, 0.1) is 19.5 Å². The second-order valence-electron chi connectivity index (χ2n) is 6.69. The number of fused-ring (bicyclic) bond motifs is 1. The summed E-state index contributed by atoms with van der Waals surface area (Å²) < 4.78 is 7.08. The number of ether oxygens (including phenoxy) is 1. The van der Waals surface area contributed by atoms with Gasteiger partial charge in [-0.1, -0.05) is 0 Å². The number of aromatic nitrogens is 6. The summed E-state index contributed by atoms with van der Waals surface area (Å²) in [5, 5.41) is 13.3. The maximum atomic E-state index is 5.17. The summed E-state index contributed by atoms with van der Waals surface area (Å²) in [4.78, 5) is 13.2. The highest BCUT2D eigenvalue weighted by Crippen LogP contribution is 2.38. The van der Waals surface area contributed by atoms with Crippen molar-refractivity contribution in [1.82, 2.24) is 29.8 Å². The van der Waals surface area contributed by atoms with Crippen molar-refractivity contribution in [3.05, 3.63) is 30.4 Å². The minimum absolute atomic E-state index is 0.524. The maximum absolute atomic E-state index is 5.17. The van der Waals surface area contributed by atoms with E-state index in [1.807, 2.05) is 16.6 Å². The van der Waals surface area contributed by atoms with Crippen molar-refractivity contribution in [2.45, 2.75) is 18.8 Å². The molecule has 0 spiro atoms. The van der Waals surface area contributed by atoms with Gasteiger partial charge in [0.25, 0.3) is 0 Å². The first-order valence-corrected chi connectivity index (χ1v) is 8.90. The number of rotatable bonds is 4. The molecule has 9 nitrogen and oxygen atoms in total. The molecule has 2 aliphatic rings. The molecule has 0 atom stereocenters. The molecule has 1 aliphatic carbocycles. The molecule has 1 saturated carbocycles. The van der Waals surface area contributed by atoms with E-state index in [2.05, 4.69) is 30.0 Å². The molecule has 1 saturated heterocycles. The Bertz CT molecular complexity index is 929. The molecule has 9 heteroatoms. The number of methoxy groups -OCH3 is 1. The van der Waals surface area contributed by atoms with E-state index in [-0.39, 0.29) is 0 Å². The van der Waals surface area contributed by atoms with Crippen LogP contribution in [0.4, 0.5) is 11.6 Å². The molecule has 4 heterocycles. The van der Waals surface area contributed by atoms with E-state index in [1.165, 1.54) is 12.8 Å². The Morgan fingerprint density at radius 1 is 0.962 bits per heavy atom. The van der Waals surface area contributed by atoms with Gasteiger partial charge in [0, 0.05) is 32.1 Å². The second kappa shape index (κ2) is 6.08. The van der Waals surface area contributed by atoms with E-state index < -0.39 is 0 Å². The third kappa shape index (κ3) is 2.69. The van der Waals surface area contributed by atoms with Crippen LogP contribution < -0.4 is 14.5 Å². The zero-order chi connectivity index (χ0) is 17.5. The molecule has 0 N–H and O–H groups in total. The first-order chi connectivity index (χ1) is 12.8. The van der Waals surface area contributed by atoms with Crippen LogP contribution in [0, 0.1) is 0 Å². The largest absolute Gasteiger partial charge is 0.480 e. The second-order valence-corrected chi connectivity index (χ2v) is 6.69. The summed E-state index contributed by atoms with van der Waals surface area (Å²) in [6, 6.07) is 4.03. The van der Waals surface area contributed by atoms with Gasteiger partial charge in [0.15, 0.2) is 17.3 Å². The molecule has 0 radical (unpaired) electrons. The zero-order valence-corrected chi connectivity index (χ0v) is 14.6. The highest BCUT2D eigenvalue weighted by atomic mass is 16.5. The maximum Gasteiger partial charge on any atom is 0.233 e. The summed E-state index contributed by atoms with van der Waals surface area (Å²) in [6.45, 7) is 3.47. The van der Waals surface area contributed by atoms with Crippen molar-refractivity contribution in [3.63, 3.8) is 0 Å². The van der Waals surface area contributed by atoms with Crippen LogP contribution in [0.3, 0.4) is 0 Å². The molecule has 5 rings (SSSR count). The smallest absolute Gasteiger partial charge is 0.233 e. The van der Waals surface area contributed by atoms with Gasteiger partial charge in [-0.25, -0.2) is 0 Å². The standard InChI is InChI=1S/C17H20N8O/c1-26-16-11-18-10-15(19-16)24-8-6-23(7-9-24)14-5-4-13-20-21-17(12-2-3-12)25(13)22-14/h4-5,10-12H,2-3,6-9H2,1H3. The van der Waals surface area contributed by atoms with Gasteiger partial charge in [-0.2, -0.15) is 9.50 Å². The van der Waals surface area contributed by atoms with Gasteiger partial charge in [-0.05, 0) is 25.0 Å². The molecule has 3 aromatic heterocycles. The molecule has 0 bridgehead atoms. The minimum atomic E-state index is 0.524. The van der Waals surface area contributed by atoms with Gasteiger partial charge < -0.3 is 14.5 Å². The fraction of sp³-hybridized carbons (Fsp3) is 0.471. The predicted octanol–water partition coefficient (Wildman–Crippen LogP) is 1.13. The van der Waals surface area contributed by atoms with Gasteiger partial charge in [0.1, 0.15) is 5.82 Å². The van der Waals surface area contributed by atoms with Crippen molar-refractivity contribution < 1.29 is 4.74 Å². The topological polar surface area (TPSA) is 84.6 Å². The van der Waals surface area contributed by atoms with E-state index in [4.69, 9.17) is 9.84 Å². The summed E-state index contributed by atoms with van der Waals surface area (Å²) in [5.74, 6) is 3.87. The first-order valence-electron chi connectivity index (χ1n) is 8.90. The number of anilines is 2. The fourth-order valence-electron chi connectivity index (χ4n) is 3.31. The highest BCUT2D eigenvalue weighted by Gasteiger charge is 2.29. The summed E-state index contributed by atoms with van der Waals surface area (Å²) in [6.07, 6.45) is 5.77. The lowest BCUT2D eigenvalue weighted by Gasteiger charge is -2.35. The van der Waals surface area contributed by atoms with Gasteiger partial charge in [-0.15, -0.1) is 15.3 Å². The van der Waals surface area contributed by atoms with Crippen LogP contribution in [0.1, 0.15) is 24.6 Å². The third-order valence-corrected chi connectivity index (χ3v) is 4.95. The van der Waals surface area contributed by atoms with Crippen molar-refractivity contribution in [3.8, 4) is 5.88 Å². The average Bonchev–Trinajstić information content (AvgIpc) is 3.47. The van der Waals surface area contributed by atoms with Crippen LogP contribution >= 0.6 is 0 Å². The monoisotopic (exact) mass is 352 g/mol. The Morgan fingerprint density at radius 2 is 1.73 bits per heavy atom. The van der Waals surface area contributed by atoms with Crippen LogP contribution in [-0.2, 0) is 0 Å². The van der Waals surface area contributed by atoms with Crippen molar-refractivity contribution >= 4 is 17.3 Å². The van der Waals surface area contributed by atoms with Crippen molar-refractivity contribution in [2.24, 2.45) is 0 Å². The molecule has 3 aromatic rings. The van der Waals surface area contributed by atoms with E-state index >= 15 is 0 Å². The molecule has 0 aromatic carbocycles. The molecule has 0 unspecified atom stereocenters. The van der Waals surface area contributed by atoms with Crippen LogP contribution in [0.2, 0.25) is 0 Å². The molecule has 134 valence electrons. The zero-order valence-electron chi connectivity index (χ0n) is 14.6. The lowest BCUT2D eigenvalue weighted by molar-refractivity contribution is 0.395. The van der Waals surface area contributed by atoms with E-state index in [0.717, 1.165) is 49.3 Å². The SMILES string of the molecule is COc1cncc(N2CCN(c3ccc4nnc(C5CC5)n4n3)CC2)n1. The van der Waals surface area contributed by atoms with Gasteiger partial charge in [0.2, 0.25) is 5.88 Å². The highest BCUT2D eigenvalue weighted by molar-refractivity contribution is 5.48. The fourth-order valence-corrected chi connectivity index (χ4v) is 3.31. The molecule has 0 amide bonds. The summed E-state index contributed by atoms with van der Waals surface area (Å²) in [5.41, 5.74) is 0.820.